The average molecular weight is 410 g/mol. The van der Waals surface area contributed by atoms with Crippen molar-refractivity contribution in [3.63, 3.8) is 0 Å². The van der Waals surface area contributed by atoms with Crippen LogP contribution in [0.1, 0.15) is 41.6 Å². The molecule has 1 aliphatic rings. The molecule has 1 fully saturated rings. The molecule has 6 nitrogen and oxygen atoms in total. The minimum Gasteiger partial charge on any atom is -0.497 e. The standard InChI is InChI=1S/C22H23N3O3S/c1-28-17-10-11-18-19(12-17)29-22(24-18)25-21(27)16-8-6-14(7-9-16)13-23-20(26)15-4-2-3-5-15/h6-12,15H,2-5,13H2,1H3,(H,23,26)(H,24,25,27). The van der Waals surface area contributed by atoms with E-state index in [0.29, 0.717) is 17.2 Å². The van der Waals surface area contributed by atoms with E-state index in [-0.39, 0.29) is 17.7 Å². The topological polar surface area (TPSA) is 80.3 Å². The van der Waals surface area contributed by atoms with Crippen LogP contribution in [-0.2, 0) is 11.3 Å². The summed E-state index contributed by atoms with van der Waals surface area (Å²) in [7, 11) is 1.62. The third-order valence-corrected chi connectivity index (χ3v) is 6.16. The highest BCUT2D eigenvalue weighted by atomic mass is 32.1. The molecule has 1 aromatic heterocycles. The number of nitrogens with one attached hydrogen (secondary N) is 2. The second kappa shape index (κ2) is 8.61. The Labute approximate surface area is 173 Å². The van der Waals surface area contributed by atoms with Crippen LogP contribution in [0.25, 0.3) is 10.2 Å². The lowest BCUT2D eigenvalue weighted by atomic mass is 10.1. The summed E-state index contributed by atoms with van der Waals surface area (Å²) in [6, 6.07) is 12.9. The highest BCUT2D eigenvalue weighted by Gasteiger charge is 2.22. The van der Waals surface area contributed by atoms with E-state index >= 15 is 0 Å². The number of anilines is 1. The van der Waals surface area contributed by atoms with E-state index in [4.69, 9.17) is 4.74 Å². The molecule has 1 aliphatic carbocycles. The Morgan fingerprint density at radius 3 is 2.62 bits per heavy atom. The van der Waals surface area contributed by atoms with Crippen LogP contribution >= 0.6 is 11.3 Å². The number of thiazole rings is 1. The first kappa shape index (κ1) is 19.4. The van der Waals surface area contributed by atoms with E-state index in [1.807, 2.05) is 30.3 Å². The first-order valence-corrected chi connectivity index (χ1v) is 10.6. The molecule has 1 saturated carbocycles. The maximum Gasteiger partial charge on any atom is 0.257 e. The molecule has 2 N–H and O–H groups in total. The number of hydrogen-bond donors (Lipinski definition) is 2. The van der Waals surface area contributed by atoms with Gasteiger partial charge in [0.1, 0.15) is 5.75 Å². The fourth-order valence-corrected chi connectivity index (χ4v) is 4.44. The van der Waals surface area contributed by atoms with Crippen LogP contribution in [0.5, 0.6) is 5.75 Å². The summed E-state index contributed by atoms with van der Waals surface area (Å²) in [5, 5.41) is 6.39. The lowest BCUT2D eigenvalue weighted by Gasteiger charge is -2.10. The Morgan fingerprint density at radius 1 is 1.14 bits per heavy atom. The fraction of sp³-hybridized carbons (Fsp3) is 0.318. The van der Waals surface area contributed by atoms with E-state index in [9.17, 15) is 9.59 Å². The SMILES string of the molecule is COc1ccc2nc(NC(=O)c3ccc(CNC(=O)C4CCCC4)cc3)sc2c1. The number of methoxy groups -OCH3 is 1. The number of fused-ring (bicyclic) bond motifs is 1. The zero-order valence-electron chi connectivity index (χ0n) is 16.2. The third kappa shape index (κ3) is 4.56. The van der Waals surface area contributed by atoms with Gasteiger partial charge in [0.2, 0.25) is 5.91 Å². The minimum atomic E-state index is -0.211. The average Bonchev–Trinajstić information content (AvgIpc) is 3.41. The van der Waals surface area contributed by atoms with Gasteiger partial charge in [-0.3, -0.25) is 14.9 Å². The molecule has 4 rings (SSSR count). The summed E-state index contributed by atoms with van der Waals surface area (Å²) in [6.45, 7) is 0.483. The molecule has 29 heavy (non-hydrogen) atoms. The van der Waals surface area contributed by atoms with Gasteiger partial charge in [0.15, 0.2) is 5.13 Å². The molecule has 1 heterocycles. The van der Waals surface area contributed by atoms with Gasteiger partial charge in [-0.25, -0.2) is 4.98 Å². The van der Waals surface area contributed by atoms with Gasteiger partial charge < -0.3 is 10.1 Å². The van der Waals surface area contributed by atoms with Crippen LogP contribution in [-0.4, -0.2) is 23.9 Å². The van der Waals surface area contributed by atoms with E-state index in [1.54, 1.807) is 19.2 Å². The van der Waals surface area contributed by atoms with Crippen molar-refractivity contribution in [2.75, 3.05) is 12.4 Å². The van der Waals surface area contributed by atoms with Gasteiger partial charge in [-0.1, -0.05) is 36.3 Å². The number of aromatic nitrogens is 1. The number of hydrogen-bond acceptors (Lipinski definition) is 5. The number of rotatable bonds is 6. The molecule has 0 atom stereocenters. The van der Waals surface area contributed by atoms with Crippen molar-refractivity contribution in [1.82, 2.24) is 10.3 Å². The maximum absolute atomic E-state index is 12.5. The van der Waals surface area contributed by atoms with Gasteiger partial charge in [0.25, 0.3) is 5.91 Å². The molecule has 0 unspecified atom stereocenters. The number of carbonyl (C=O) groups is 2. The molecule has 0 radical (unpaired) electrons. The van der Waals surface area contributed by atoms with Gasteiger partial charge in [-0.2, -0.15) is 0 Å². The Bertz CT molecular complexity index is 1020. The summed E-state index contributed by atoms with van der Waals surface area (Å²) in [5.74, 6) is 0.845. The van der Waals surface area contributed by atoms with E-state index < -0.39 is 0 Å². The van der Waals surface area contributed by atoms with Crippen molar-refractivity contribution in [3.8, 4) is 5.75 Å². The summed E-state index contributed by atoms with van der Waals surface area (Å²) >= 11 is 1.41. The number of benzene rings is 2. The highest BCUT2D eigenvalue weighted by Crippen LogP contribution is 2.29. The summed E-state index contributed by atoms with van der Waals surface area (Å²) in [6.07, 6.45) is 4.27. The second-order valence-electron chi connectivity index (χ2n) is 7.20. The van der Waals surface area contributed by atoms with Crippen LogP contribution in [0.2, 0.25) is 0 Å². The van der Waals surface area contributed by atoms with Gasteiger partial charge in [-0.15, -0.1) is 0 Å². The number of nitrogens with zero attached hydrogens (tertiary/aromatic N) is 1. The summed E-state index contributed by atoms with van der Waals surface area (Å²) in [4.78, 5) is 29.1. The van der Waals surface area contributed by atoms with Crippen molar-refractivity contribution in [2.45, 2.75) is 32.2 Å². The van der Waals surface area contributed by atoms with Gasteiger partial charge in [-0.05, 0) is 48.7 Å². The number of carbonyl (C=O) groups excluding carboxylic acids is 2. The van der Waals surface area contributed by atoms with Gasteiger partial charge >= 0.3 is 0 Å². The first-order valence-electron chi connectivity index (χ1n) is 9.75. The molecular weight excluding hydrogens is 386 g/mol. The summed E-state index contributed by atoms with van der Waals surface area (Å²) in [5.41, 5.74) is 2.34. The fourth-order valence-electron chi connectivity index (χ4n) is 3.55. The highest BCUT2D eigenvalue weighted by molar-refractivity contribution is 7.22. The van der Waals surface area contributed by atoms with Crippen LogP contribution in [0.4, 0.5) is 5.13 Å². The maximum atomic E-state index is 12.5. The normalized spacial score (nSPS) is 14.1. The van der Waals surface area contributed by atoms with Crippen LogP contribution in [0.3, 0.4) is 0 Å². The minimum absolute atomic E-state index is 0.136. The predicted molar refractivity (Wildman–Crippen MR) is 114 cm³/mol. The van der Waals surface area contributed by atoms with Crippen LogP contribution in [0.15, 0.2) is 42.5 Å². The van der Waals surface area contributed by atoms with E-state index in [2.05, 4.69) is 15.6 Å². The van der Waals surface area contributed by atoms with Crippen LogP contribution in [0, 0.1) is 5.92 Å². The molecule has 150 valence electrons. The molecule has 0 aliphatic heterocycles. The molecule has 3 aromatic rings. The first-order chi connectivity index (χ1) is 14.1. The summed E-state index contributed by atoms with van der Waals surface area (Å²) < 4.78 is 6.17. The Balaban J connectivity index is 1.35. The second-order valence-corrected chi connectivity index (χ2v) is 8.23. The molecule has 0 spiro atoms. The Morgan fingerprint density at radius 2 is 1.90 bits per heavy atom. The molecule has 2 amide bonds. The van der Waals surface area contributed by atoms with Crippen molar-refractivity contribution in [2.24, 2.45) is 5.92 Å². The molecular formula is C22H23N3O3S. The zero-order chi connectivity index (χ0) is 20.2. The van der Waals surface area contributed by atoms with E-state index in [0.717, 1.165) is 47.2 Å². The third-order valence-electron chi connectivity index (χ3n) is 5.22. The monoisotopic (exact) mass is 409 g/mol. The zero-order valence-corrected chi connectivity index (χ0v) is 17.1. The molecule has 0 bridgehead atoms. The predicted octanol–water partition coefficient (Wildman–Crippen LogP) is 4.36. The lowest BCUT2D eigenvalue weighted by molar-refractivity contribution is -0.124. The molecule has 2 aromatic carbocycles. The molecule has 0 saturated heterocycles. The van der Waals surface area contributed by atoms with E-state index in [1.165, 1.54) is 11.3 Å². The van der Waals surface area contributed by atoms with Crippen molar-refractivity contribution >= 4 is 38.5 Å². The van der Waals surface area contributed by atoms with Crippen molar-refractivity contribution < 1.29 is 14.3 Å². The van der Waals surface area contributed by atoms with Crippen LogP contribution < -0.4 is 15.4 Å². The van der Waals surface area contributed by atoms with Crippen molar-refractivity contribution in [1.29, 1.82) is 0 Å². The smallest absolute Gasteiger partial charge is 0.257 e. The largest absolute Gasteiger partial charge is 0.497 e. The lowest BCUT2D eigenvalue weighted by Crippen LogP contribution is -2.28. The van der Waals surface area contributed by atoms with Gasteiger partial charge in [0.05, 0.1) is 17.3 Å². The Hall–Kier alpha value is -2.93. The number of ether oxygens (including phenoxy) is 1. The molecule has 7 heteroatoms. The number of amides is 2. The Kier molecular flexibility index (Phi) is 5.76. The quantitative estimate of drug-likeness (QED) is 0.634. The van der Waals surface area contributed by atoms with Crippen molar-refractivity contribution in [3.05, 3.63) is 53.6 Å². The van der Waals surface area contributed by atoms with Gasteiger partial charge in [0, 0.05) is 18.0 Å².